The number of nitrogens with zero attached hydrogens (tertiary/aromatic N) is 4. The fraction of sp³-hybridized carbons (Fsp3) is 0.600. The molecule has 1 heterocycles. The van der Waals surface area contributed by atoms with Gasteiger partial charge in [0.15, 0.2) is 0 Å². The summed E-state index contributed by atoms with van der Waals surface area (Å²) in [5.41, 5.74) is 9.51. The molecular weight excluding hydrogens is 160 g/mol. The van der Waals surface area contributed by atoms with E-state index in [0.29, 0.717) is 0 Å². The van der Waals surface area contributed by atoms with E-state index in [9.17, 15) is 4.79 Å². The minimum absolute atomic E-state index is 0.0683. The number of primary amides is 1. The Hall–Kier alpha value is -1.66. The van der Waals surface area contributed by atoms with Gasteiger partial charge in [0.05, 0.1) is 0 Å². The largest absolute Gasteiger partial charge is 0.368 e. The van der Waals surface area contributed by atoms with Gasteiger partial charge in [-0.25, -0.2) is 0 Å². The Morgan fingerprint density at radius 1 is 1.58 bits per heavy atom. The Balaban J connectivity index is 3.13. The summed E-state index contributed by atoms with van der Waals surface area (Å²) in [6.45, 7) is 3.17. The van der Waals surface area contributed by atoms with Crippen LogP contribution in [0.4, 0.5) is 5.95 Å². The van der Waals surface area contributed by atoms with Crippen molar-refractivity contribution in [3.63, 3.8) is 0 Å². The highest BCUT2D eigenvalue weighted by Crippen LogP contribution is 2.14. The van der Waals surface area contributed by atoms with Crippen LogP contribution in [0.5, 0.6) is 0 Å². The van der Waals surface area contributed by atoms with Crippen LogP contribution >= 0.6 is 0 Å². The number of nitrogens with two attached hydrogens (primary N) is 2. The van der Waals surface area contributed by atoms with Crippen molar-refractivity contribution < 1.29 is 4.79 Å². The van der Waals surface area contributed by atoms with Crippen LogP contribution in [-0.4, -0.2) is 26.1 Å². The third-order valence-corrected chi connectivity index (χ3v) is 1.63. The second-order valence-electron chi connectivity index (χ2n) is 2.87. The maximum Gasteiger partial charge on any atom is 0.245 e. The molecule has 0 aliphatic rings. The van der Waals surface area contributed by atoms with Gasteiger partial charge in [0.1, 0.15) is 5.54 Å². The smallest absolute Gasteiger partial charge is 0.245 e. The Labute approximate surface area is 68.7 Å². The van der Waals surface area contributed by atoms with E-state index in [1.54, 1.807) is 13.8 Å². The van der Waals surface area contributed by atoms with Gasteiger partial charge < -0.3 is 11.5 Å². The molecule has 12 heavy (non-hydrogen) atoms. The van der Waals surface area contributed by atoms with Crippen LogP contribution in [0.15, 0.2) is 0 Å². The van der Waals surface area contributed by atoms with Crippen LogP contribution < -0.4 is 11.5 Å². The topological polar surface area (TPSA) is 113 Å². The molecule has 66 valence electrons. The van der Waals surface area contributed by atoms with Crippen molar-refractivity contribution in [2.75, 3.05) is 5.73 Å². The number of hydrogen-bond acceptors (Lipinski definition) is 5. The van der Waals surface area contributed by atoms with Crippen molar-refractivity contribution in [1.82, 2.24) is 20.2 Å². The van der Waals surface area contributed by atoms with E-state index in [1.165, 1.54) is 4.68 Å². The molecule has 0 bridgehead atoms. The van der Waals surface area contributed by atoms with Gasteiger partial charge in [-0.1, -0.05) is 5.10 Å². The van der Waals surface area contributed by atoms with E-state index in [2.05, 4.69) is 15.5 Å². The average Bonchev–Trinajstić information content (AvgIpc) is 2.35. The second kappa shape index (κ2) is 2.43. The van der Waals surface area contributed by atoms with Crippen molar-refractivity contribution in [2.24, 2.45) is 5.73 Å². The van der Waals surface area contributed by atoms with E-state index in [0.717, 1.165) is 0 Å². The van der Waals surface area contributed by atoms with Gasteiger partial charge in [-0.3, -0.25) is 4.79 Å². The Morgan fingerprint density at radius 2 is 2.17 bits per heavy atom. The van der Waals surface area contributed by atoms with Gasteiger partial charge in [-0.15, -0.1) is 0 Å². The summed E-state index contributed by atoms with van der Waals surface area (Å²) >= 11 is 0. The van der Waals surface area contributed by atoms with E-state index >= 15 is 0 Å². The van der Waals surface area contributed by atoms with Crippen LogP contribution in [0.3, 0.4) is 0 Å². The van der Waals surface area contributed by atoms with Crippen LogP contribution in [0.2, 0.25) is 0 Å². The predicted molar refractivity (Wildman–Crippen MR) is 40.7 cm³/mol. The molecule has 0 saturated heterocycles. The zero-order chi connectivity index (χ0) is 9.35. The predicted octanol–water partition coefficient (Wildman–Crippen LogP) is -1.52. The van der Waals surface area contributed by atoms with Gasteiger partial charge in [0.25, 0.3) is 0 Å². The van der Waals surface area contributed by atoms with Crippen molar-refractivity contribution in [2.45, 2.75) is 19.4 Å². The van der Waals surface area contributed by atoms with Gasteiger partial charge in [0, 0.05) is 0 Å². The first-order chi connectivity index (χ1) is 5.46. The van der Waals surface area contributed by atoms with Crippen molar-refractivity contribution in [1.29, 1.82) is 0 Å². The first-order valence-corrected chi connectivity index (χ1v) is 3.30. The molecule has 0 saturated carbocycles. The molecule has 0 aliphatic heterocycles. The van der Waals surface area contributed by atoms with Gasteiger partial charge in [-0.05, 0) is 24.3 Å². The average molecular weight is 170 g/mol. The lowest BCUT2D eigenvalue weighted by atomic mass is 10.1. The minimum atomic E-state index is -0.992. The third kappa shape index (κ3) is 1.09. The van der Waals surface area contributed by atoms with Crippen LogP contribution in [0, 0.1) is 0 Å². The SMILES string of the molecule is CC(C)(C(N)=O)n1nnnc1N. The lowest BCUT2D eigenvalue weighted by Crippen LogP contribution is -2.42. The number of rotatable bonds is 2. The van der Waals surface area contributed by atoms with Gasteiger partial charge in [0.2, 0.25) is 11.9 Å². The molecule has 1 rings (SSSR count). The summed E-state index contributed by atoms with van der Waals surface area (Å²) < 4.78 is 1.18. The molecule has 0 radical (unpaired) electrons. The monoisotopic (exact) mass is 170 g/mol. The van der Waals surface area contributed by atoms with Crippen LogP contribution in [-0.2, 0) is 10.3 Å². The first-order valence-electron chi connectivity index (χ1n) is 3.30. The molecule has 0 aliphatic carbocycles. The summed E-state index contributed by atoms with van der Waals surface area (Å²) in [4.78, 5) is 10.9. The Morgan fingerprint density at radius 3 is 2.50 bits per heavy atom. The molecule has 0 aromatic carbocycles. The van der Waals surface area contributed by atoms with Crippen molar-refractivity contribution >= 4 is 11.9 Å². The summed E-state index contributed by atoms with van der Waals surface area (Å²) in [5, 5.41) is 10.3. The third-order valence-electron chi connectivity index (χ3n) is 1.63. The maximum atomic E-state index is 10.9. The molecule has 0 spiro atoms. The van der Waals surface area contributed by atoms with Crippen LogP contribution in [0.25, 0.3) is 0 Å². The van der Waals surface area contributed by atoms with E-state index in [1.807, 2.05) is 0 Å². The minimum Gasteiger partial charge on any atom is -0.368 e. The molecular formula is C5H10N6O. The molecule has 0 fully saturated rings. The maximum absolute atomic E-state index is 10.9. The normalized spacial score (nSPS) is 11.5. The van der Waals surface area contributed by atoms with Crippen molar-refractivity contribution in [3.05, 3.63) is 0 Å². The number of nitrogen functional groups attached to an aromatic ring is 1. The second-order valence-corrected chi connectivity index (χ2v) is 2.87. The molecule has 4 N–H and O–H groups in total. The zero-order valence-corrected chi connectivity index (χ0v) is 6.85. The molecule has 1 amide bonds. The number of hydrogen-bond donors (Lipinski definition) is 2. The van der Waals surface area contributed by atoms with Crippen molar-refractivity contribution in [3.8, 4) is 0 Å². The highest BCUT2D eigenvalue weighted by atomic mass is 16.1. The summed E-state index contributed by atoms with van der Waals surface area (Å²) in [6, 6.07) is 0. The fourth-order valence-electron chi connectivity index (χ4n) is 0.697. The number of carbonyl (C=O) groups is 1. The van der Waals surface area contributed by atoms with Crippen LogP contribution in [0.1, 0.15) is 13.8 Å². The highest BCUT2D eigenvalue weighted by Gasteiger charge is 2.30. The highest BCUT2D eigenvalue weighted by molar-refractivity contribution is 5.81. The molecule has 1 aromatic rings. The Bertz CT molecular complexity index is 303. The fourth-order valence-corrected chi connectivity index (χ4v) is 0.697. The zero-order valence-electron chi connectivity index (χ0n) is 6.85. The van der Waals surface area contributed by atoms with E-state index in [-0.39, 0.29) is 5.95 Å². The van der Waals surface area contributed by atoms with Gasteiger partial charge >= 0.3 is 0 Å². The number of carbonyl (C=O) groups excluding carboxylic acids is 1. The van der Waals surface area contributed by atoms with Gasteiger partial charge in [-0.2, -0.15) is 4.68 Å². The lowest BCUT2D eigenvalue weighted by Gasteiger charge is -2.19. The summed E-state index contributed by atoms with van der Waals surface area (Å²) in [6.07, 6.45) is 0. The number of anilines is 1. The Kier molecular flexibility index (Phi) is 1.71. The molecule has 7 heteroatoms. The lowest BCUT2D eigenvalue weighted by molar-refractivity contribution is -0.125. The summed E-state index contributed by atoms with van der Waals surface area (Å²) in [5.74, 6) is -0.472. The molecule has 1 aromatic heterocycles. The number of tetrazole rings is 1. The number of amides is 1. The number of aromatic nitrogens is 4. The molecule has 0 unspecified atom stereocenters. The van der Waals surface area contributed by atoms with E-state index < -0.39 is 11.4 Å². The first kappa shape index (κ1) is 8.44. The molecule has 7 nitrogen and oxygen atoms in total. The summed E-state index contributed by atoms with van der Waals surface area (Å²) in [7, 11) is 0. The molecule has 0 atom stereocenters. The standard InChI is InChI=1S/C5H10N6O/c1-5(2,3(6)12)11-4(7)8-9-10-11/h1-2H3,(H2,6,12)(H2,7,8,10). The van der Waals surface area contributed by atoms with E-state index in [4.69, 9.17) is 11.5 Å². The quantitative estimate of drug-likeness (QED) is 0.559.